The van der Waals surface area contributed by atoms with Crippen LogP contribution in [0.2, 0.25) is 5.02 Å². The molecule has 0 radical (unpaired) electrons. The van der Waals surface area contributed by atoms with Crippen molar-refractivity contribution in [3.8, 4) is 11.1 Å². The molecule has 0 saturated carbocycles. The number of rotatable bonds is 11. The van der Waals surface area contributed by atoms with Crippen LogP contribution in [-0.2, 0) is 13.0 Å². The molecule has 0 aliphatic rings. The molecule has 0 aliphatic heterocycles. The van der Waals surface area contributed by atoms with Gasteiger partial charge in [0.25, 0.3) is 0 Å². The minimum absolute atomic E-state index is 0.0676. The zero-order valence-electron chi connectivity index (χ0n) is 22.1. The molecule has 1 heterocycles. The van der Waals surface area contributed by atoms with Gasteiger partial charge in [0, 0.05) is 34.6 Å². The fourth-order valence-corrected chi connectivity index (χ4v) is 4.77. The molecule has 1 N–H and O–H groups in total. The minimum atomic E-state index is -1.18. The van der Waals surface area contributed by atoms with Gasteiger partial charge < -0.3 is 14.6 Å². The molecule has 8 heteroatoms. The van der Waals surface area contributed by atoms with Crippen molar-refractivity contribution in [2.75, 3.05) is 11.9 Å². The summed E-state index contributed by atoms with van der Waals surface area (Å²) in [5.74, 6) is -2.87. The number of nitrogens with zero attached hydrogens (tertiary/aromatic N) is 1. The monoisotopic (exact) mass is 556 g/mol. The van der Waals surface area contributed by atoms with Crippen LogP contribution >= 0.6 is 11.6 Å². The van der Waals surface area contributed by atoms with Crippen LogP contribution in [0, 0.1) is 17.5 Å². The summed E-state index contributed by atoms with van der Waals surface area (Å²) in [6.07, 6.45) is 5.64. The van der Waals surface area contributed by atoms with Gasteiger partial charge in [0.2, 0.25) is 0 Å². The highest BCUT2D eigenvalue weighted by atomic mass is 35.5. The van der Waals surface area contributed by atoms with Crippen LogP contribution in [0.4, 0.5) is 23.7 Å². The Morgan fingerprint density at radius 1 is 0.923 bits per heavy atom. The summed E-state index contributed by atoms with van der Waals surface area (Å²) in [6.45, 7) is 4.60. The first-order valence-electron chi connectivity index (χ1n) is 13.3. The first kappa shape index (κ1) is 28.6. The highest BCUT2D eigenvalue weighted by Gasteiger charge is 2.24. The third-order valence-corrected chi connectivity index (χ3v) is 7.01. The SMILES string of the molecule is CCCCCCCN(Cc1oc2ccc(CC)cc2c1-c1ccc(Cl)cc1)C(=O)Nc1c(F)cc(F)cc1F. The van der Waals surface area contributed by atoms with Crippen molar-refractivity contribution in [2.45, 2.75) is 58.9 Å². The number of benzene rings is 3. The van der Waals surface area contributed by atoms with Crippen molar-refractivity contribution in [3.63, 3.8) is 0 Å². The predicted molar refractivity (Wildman–Crippen MR) is 151 cm³/mol. The van der Waals surface area contributed by atoms with Gasteiger partial charge in [-0.3, -0.25) is 0 Å². The third-order valence-electron chi connectivity index (χ3n) is 6.76. The number of unbranched alkanes of at least 4 members (excludes halogenated alkanes) is 4. The Bertz CT molecular complexity index is 1410. The Hall–Kier alpha value is -3.45. The summed E-state index contributed by atoms with van der Waals surface area (Å²) < 4.78 is 48.4. The van der Waals surface area contributed by atoms with E-state index < -0.39 is 29.2 Å². The molecule has 3 aromatic carbocycles. The van der Waals surface area contributed by atoms with Gasteiger partial charge in [-0.1, -0.05) is 69.3 Å². The van der Waals surface area contributed by atoms with Gasteiger partial charge in [-0.15, -0.1) is 0 Å². The lowest BCUT2D eigenvalue weighted by molar-refractivity contribution is 0.203. The maximum atomic E-state index is 14.3. The third kappa shape index (κ3) is 6.95. The van der Waals surface area contributed by atoms with Gasteiger partial charge in [0.05, 0.1) is 6.54 Å². The molecule has 0 spiro atoms. The normalized spacial score (nSPS) is 11.2. The van der Waals surface area contributed by atoms with Crippen molar-refractivity contribution in [1.82, 2.24) is 4.90 Å². The van der Waals surface area contributed by atoms with E-state index in [0.29, 0.717) is 41.5 Å². The van der Waals surface area contributed by atoms with Crippen molar-refractivity contribution in [1.29, 1.82) is 0 Å². The largest absolute Gasteiger partial charge is 0.459 e. The minimum Gasteiger partial charge on any atom is -0.459 e. The van der Waals surface area contributed by atoms with E-state index in [2.05, 4.69) is 25.2 Å². The van der Waals surface area contributed by atoms with E-state index in [1.54, 1.807) is 12.1 Å². The summed E-state index contributed by atoms with van der Waals surface area (Å²) in [4.78, 5) is 14.8. The molecule has 206 valence electrons. The maximum absolute atomic E-state index is 14.3. The van der Waals surface area contributed by atoms with Gasteiger partial charge in [0.15, 0.2) is 11.6 Å². The van der Waals surface area contributed by atoms with Gasteiger partial charge >= 0.3 is 6.03 Å². The summed E-state index contributed by atoms with van der Waals surface area (Å²) in [6, 6.07) is 13.7. The van der Waals surface area contributed by atoms with E-state index in [1.165, 1.54) is 4.90 Å². The zero-order valence-corrected chi connectivity index (χ0v) is 22.9. The maximum Gasteiger partial charge on any atom is 0.322 e. The van der Waals surface area contributed by atoms with Crippen LogP contribution in [0.15, 0.2) is 59.0 Å². The predicted octanol–water partition coefficient (Wildman–Crippen LogP) is 9.74. The molecule has 0 aliphatic carbocycles. The van der Waals surface area contributed by atoms with Gasteiger partial charge in [0.1, 0.15) is 22.8 Å². The fraction of sp³-hybridized carbons (Fsp3) is 0.323. The Balaban J connectivity index is 1.70. The van der Waals surface area contributed by atoms with Gasteiger partial charge in [-0.25, -0.2) is 18.0 Å². The Labute approximate surface area is 231 Å². The number of nitrogens with one attached hydrogen (secondary N) is 1. The lowest BCUT2D eigenvalue weighted by Crippen LogP contribution is -2.36. The van der Waals surface area contributed by atoms with E-state index >= 15 is 0 Å². The number of aryl methyl sites for hydroxylation is 1. The number of anilines is 1. The smallest absolute Gasteiger partial charge is 0.322 e. The number of carbonyl (C=O) groups excluding carboxylic acids is 1. The topological polar surface area (TPSA) is 45.5 Å². The van der Waals surface area contributed by atoms with E-state index in [0.717, 1.165) is 54.2 Å². The van der Waals surface area contributed by atoms with Crippen LogP contribution in [0.5, 0.6) is 0 Å². The van der Waals surface area contributed by atoms with Gasteiger partial charge in [-0.05, 0) is 48.2 Å². The molecule has 1 aromatic heterocycles. The number of urea groups is 1. The van der Waals surface area contributed by atoms with Crippen LogP contribution in [0.1, 0.15) is 57.3 Å². The number of halogens is 4. The van der Waals surface area contributed by atoms with Crippen LogP contribution in [0.3, 0.4) is 0 Å². The number of hydrogen-bond donors (Lipinski definition) is 1. The molecule has 0 fully saturated rings. The molecule has 0 bridgehead atoms. The molecular weight excluding hydrogens is 525 g/mol. The lowest BCUT2D eigenvalue weighted by Gasteiger charge is -2.23. The van der Waals surface area contributed by atoms with E-state index in [-0.39, 0.29) is 6.54 Å². The second kappa shape index (κ2) is 13.1. The molecule has 39 heavy (non-hydrogen) atoms. The highest BCUT2D eigenvalue weighted by molar-refractivity contribution is 6.30. The number of fused-ring (bicyclic) bond motifs is 1. The van der Waals surface area contributed by atoms with Crippen molar-refractivity contribution < 1.29 is 22.4 Å². The first-order chi connectivity index (χ1) is 18.8. The van der Waals surface area contributed by atoms with Crippen LogP contribution in [-0.4, -0.2) is 17.5 Å². The van der Waals surface area contributed by atoms with Crippen LogP contribution in [0.25, 0.3) is 22.1 Å². The Morgan fingerprint density at radius 3 is 2.28 bits per heavy atom. The van der Waals surface area contributed by atoms with E-state index in [9.17, 15) is 18.0 Å². The van der Waals surface area contributed by atoms with E-state index in [4.69, 9.17) is 16.0 Å². The molecule has 0 atom stereocenters. The first-order valence-corrected chi connectivity index (χ1v) is 13.7. The van der Waals surface area contributed by atoms with Crippen molar-refractivity contribution in [3.05, 3.63) is 88.4 Å². The number of hydrogen-bond acceptors (Lipinski definition) is 2. The quantitative estimate of drug-likeness (QED) is 0.187. The number of carbonyl (C=O) groups is 1. The number of amides is 2. The van der Waals surface area contributed by atoms with Crippen molar-refractivity contribution in [2.24, 2.45) is 0 Å². The number of furan rings is 1. The molecule has 2 amide bonds. The molecule has 4 aromatic rings. The molecule has 0 saturated heterocycles. The van der Waals surface area contributed by atoms with Crippen molar-refractivity contribution >= 4 is 34.3 Å². The summed E-state index contributed by atoms with van der Waals surface area (Å²) in [5.41, 5.74) is 2.83. The summed E-state index contributed by atoms with van der Waals surface area (Å²) in [7, 11) is 0. The molecule has 0 unspecified atom stereocenters. The Morgan fingerprint density at radius 2 is 1.62 bits per heavy atom. The summed E-state index contributed by atoms with van der Waals surface area (Å²) in [5, 5.41) is 3.81. The Kier molecular flexibility index (Phi) is 9.57. The average molecular weight is 557 g/mol. The zero-order chi connectivity index (χ0) is 27.9. The van der Waals surface area contributed by atoms with E-state index in [1.807, 2.05) is 24.3 Å². The molecule has 4 rings (SSSR count). The summed E-state index contributed by atoms with van der Waals surface area (Å²) >= 11 is 6.14. The molecular formula is C31H32ClF3N2O2. The van der Waals surface area contributed by atoms with Gasteiger partial charge in [-0.2, -0.15) is 0 Å². The second-order valence-corrected chi connectivity index (χ2v) is 10.0. The molecule has 4 nitrogen and oxygen atoms in total. The standard InChI is InChI=1S/C31H32ClF3N2O2/c1-3-5-6-7-8-15-37(31(38)36-30-25(34)17-23(33)18-26(30)35)19-28-29(21-10-12-22(32)13-11-21)24-16-20(4-2)9-14-27(24)39-28/h9-14,16-18H,3-8,15,19H2,1-2H3,(H,36,38). The lowest BCUT2D eigenvalue weighted by atomic mass is 9.99. The van der Waals surface area contributed by atoms with Crippen LogP contribution < -0.4 is 5.32 Å². The highest BCUT2D eigenvalue weighted by Crippen LogP contribution is 2.37. The average Bonchev–Trinajstić information content (AvgIpc) is 3.27. The fourth-order valence-electron chi connectivity index (χ4n) is 4.64. The second-order valence-electron chi connectivity index (χ2n) is 9.60.